The fourth-order valence-corrected chi connectivity index (χ4v) is 2.74. The Bertz CT molecular complexity index is 651. The molecule has 110 valence electrons. The van der Waals surface area contributed by atoms with Crippen LogP contribution < -0.4 is 10.1 Å². The van der Waals surface area contributed by atoms with Crippen molar-refractivity contribution in [3.05, 3.63) is 47.5 Å². The molecule has 5 heteroatoms. The second-order valence-corrected chi connectivity index (χ2v) is 5.88. The predicted octanol–water partition coefficient (Wildman–Crippen LogP) is 2.28. The highest BCUT2D eigenvalue weighted by molar-refractivity contribution is 5.37. The van der Waals surface area contributed by atoms with Crippen LogP contribution in [0.15, 0.2) is 30.5 Å². The molecule has 1 aromatic carbocycles. The van der Waals surface area contributed by atoms with Gasteiger partial charge in [0.05, 0.1) is 12.2 Å². The third kappa shape index (κ3) is 2.93. The predicted molar refractivity (Wildman–Crippen MR) is 76.6 cm³/mol. The summed E-state index contributed by atoms with van der Waals surface area (Å²) in [5.74, 6) is 0.592. The summed E-state index contributed by atoms with van der Waals surface area (Å²) in [5.41, 5.74) is 2.01. The van der Waals surface area contributed by atoms with E-state index in [9.17, 15) is 4.39 Å². The Morgan fingerprint density at radius 1 is 1.33 bits per heavy atom. The van der Waals surface area contributed by atoms with Gasteiger partial charge in [-0.1, -0.05) is 0 Å². The molecule has 1 aromatic heterocycles. The van der Waals surface area contributed by atoms with Crippen LogP contribution in [-0.2, 0) is 19.5 Å². The first kappa shape index (κ1) is 12.8. The molecule has 1 fully saturated rings. The Hall–Kier alpha value is -1.88. The van der Waals surface area contributed by atoms with E-state index in [1.165, 1.54) is 18.9 Å². The lowest BCUT2D eigenvalue weighted by molar-refractivity contribution is 0.203. The van der Waals surface area contributed by atoms with Crippen molar-refractivity contribution in [2.75, 3.05) is 0 Å². The quantitative estimate of drug-likeness (QED) is 0.917. The average molecular weight is 287 g/mol. The van der Waals surface area contributed by atoms with Crippen LogP contribution in [0.25, 0.3) is 0 Å². The molecule has 0 bridgehead atoms. The van der Waals surface area contributed by atoms with Gasteiger partial charge in [-0.15, -0.1) is 0 Å². The summed E-state index contributed by atoms with van der Waals surface area (Å²) in [7, 11) is 0. The van der Waals surface area contributed by atoms with Gasteiger partial charge in [-0.05, 0) is 37.1 Å². The normalized spacial score (nSPS) is 20.3. The smallest absolute Gasteiger partial charge is 0.123 e. The standard InChI is InChI=1S/C16H18FN3O/c17-12-1-4-16-11(7-12)8-15(21-16)10-20-6-5-14(19-20)9-18-13-2-3-13/h1,4-7,13,15,18H,2-3,8-10H2. The molecule has 0 spiro atoms. The fraction of sp³-hybridized carbons (Fsp3) is 0.438. The summed E-state index contributed by atoms with van der Waals surface area (Å²) in [6.07, 6.45) is 5.32. The van der Waals surface area contributed by atoms with Gasteiger partial charge in [-0.25, -0.2) is 4.39 Å². The molecule has 0 radical (unpaired) electrons. The summed E-state index contributed by atoms with van der Waals surface area (Å²) in [6, 6.07) is 7.44. The van der Waals surface area contributed by atoms with E-state index >= 15 is 0 Å². The minimum absolute atomic E-state index is 0.0333. The Balaban J connectivity index is 1.36. The second-order valence-electron chi connectivity index (χ2n) is 5.88. The molecule has 21 heavy (non-hydrogen) atoms. The Labute approximate surface area is 122 Å². The maximum Gasteiger partial charge on any atom is 0.123 e. The molecule has 1 atom stereocenters. The minimum atomic E-state index is -0.203. The summed E-state index contributed by atoms with van der Waals surface area (Å²) in [6.45, 7) is 1.52. The summed E-state index contributed by atoms with van der Waals surface area (Å²) in [5, 5.41) is 8.01. The summed E-state index contributed by atoms with van der Waals surface area (Å²) in [4.78, 5) is 0. The SMILES string of the molecule is Fc1ccc2c(c1)CC(Cn1ccc(CNC3CC3)n1)O2. The van der Waals surface area contributed by atoms with Crippen LogP contribution in [0.2, 0.25) is 0 Å². The van der Waals surface area contributed by atoms with Crippen LogP contribution in [0.1, 0.15) is 24.1 Å². The van der Waals surface area contributed by atoms with E-state index in [1.54, 1.807) is 12.1 Å². The molecule has 2 aliphatic rings. The molecule has 1 aliphatic carbocycles. The number of ether oxygens (including phenoxy) is 1. The number of hydrogen-bond acceptors (Lipinski definition) is 3. The highest BCUT2D eigenvalue weighted by atomic mass is 19.1. The highest BCUT2D eigenvalue weighted by Crippen LogP contribution is 2.29. The first-order valence-corrected chi connectivity index (χ1v) is 7.47. The molecule has 1 N–H and O–H groups in total. The Morgan fingerprint density at radius 2 is 2.24 bits per heavy atom. The van der Waals surface area contributed by atoms with Crippen molar-refractivity contribution in [3.63, 3.8) is 0 Å². The lowest BCUT2D eigenvalue weighted by atomic mass is 10.1. The largest absolute Gasteiger partial charge is 0.488 e. The van der Waals surface area contributed by atoms with Crippen LogP contribution in [0.4, 0.5) is 4.39 Å². The zero-order chi connectivity index (χ0) is 14.2. The molecule has 1 saturated carbocycles. The van der Waals surface area contributed by atoms with Crippen molar-refractivity contribution < 1.29 is 9.13 Å². The van der Waals surface area contributed by atoms with Crippen molar-refractivity contribution in [2.24, 2.45) is 0 Å². The van der Waals surface area contributed by atoms with Crippen molar-refractivity contribution in [2.45, 2.75) is 44.5 Å². The van der Waals surface area contributed by atoms with Crippen molar-refractivity contribution in [1.82, 2.24) is 15.1 Å². The van der Waals surface area contributed by atoms with E-state index in [0.717, 1.165) is 30.0 Å². The number of rotatable bonds is 5. The van der Waals surface area contributed by atoms with Crippen LogP contribution >= 0.6 is 0 Å². The van der Waals surface area contributed by atoms with Crippen molar-refractivity contribution in [1.29, 1.82) is 0 Å². The molecule has 1 unspecified atom stereocenters. The zero-order valence-electron chi connectivity index (χ0n) is 11.8. The van der Waals surface area contributed by atoms with Crippen LogP contribution in [0.5, 0.6) is 5.75 Å². The van der Waals surface area contributed by atoms with Crippen LogP contribution in [0.3, 0.4) is 0 Å². The maximum absolute atomic E-state index is 13.2. The molecule has 1 aliphatic heterocycles. The lowest BCUT2D eigenvalue weighted by Gasteiger charge is -2.10. The second kappa shape index (κ2) is 5.15. The Morgan fingerprint density at radius 3 is 3.10 bits per heavy atom. The Kier molecular flexibility index (Phi) is 3.15. The summed E-state index contributed by atoms with van der Waals surface area (Å²) >= 11 is 0. The zero-order valence-corrected chi connectivity index (χ0v) is 11.8. The van der Waals surface area contributed by atoms with Crippen molar-refractivity contribution >= 4 is 0 Å². The van der Waals surface area contributed by atoms with Gasteiger partial charge in [0.1, 0.15) is 17.7 Å². The third-order valence-corrected chi connectivity index (χ3v) is 4.00. The van der Waals surface area contributed by atoms with E-state index < -0.39 is 0 Å². The number of fused-ring (bicyclic) bond motifs is 1. The van der Waals surface area contributed by atoms with Gasteiger partial charge >= 0.3 is 0 Å². The van der Waals surface area contributed by atoms with Crippen molar-refractivity contribution in [3.8, 4) is 5.75 Å². The van der Waals surface area contributed by atoms with E-state index in [-0.39, 0.29) is 11.9 Å². The molecule has 2 aromatic rings. The monoisotopic (exact) mass is 287 g/mol. The van der Waals surface area contributed by atoms with Gasteiger partial charge in [-0.2, -0.15) is 5.10 Å². The van der Waals surface area contributed by atoms with Crippen LogP contribution in [-0.4, -0.2) is 21.9 Å². The van der Waals surface area contributed by atoms with E-state index in [1.807, 2.05) is 16.9 Å². The third-order valence-electron chi connectivity index (χ3n) is 4.00. The van der Waals surface area contributed by atoms with Gasteiger partial charge < -0.3 is 10.1 Å². The number of nitrogens with one attached hydrogen (secondary N) is 1. The lowest BCUT2D eigenvalue weighted by Crippen LogP contribution is -2.21. The fourth-order valence-electron chi connectivity index (χ4n) is 2.74. The van der Waals surface area contributed by atoms with Gasteiger partial charge in [0.15, 0.2) is 0 Å². The number of aromatic nitrogens is 2. The van der Waals surface area contributed by atoms with Gasteiger partial charge in [-0.3, -0.25) is 4.68 Å². The van der Waals surface area contributed by atoms with E-state index in [4.69, 9.17) is 4.74 Å². The average Bonchev–Trinajstić information content (AvgIpc) is 3.05. The first-order valence-electron chi connectivity index (χ1n) is 7.47. The number of nitrogens with zero attached hydrogens (tertiary/aromatic N) is 2. The molecular weight excluding hydrogens is 269 g/mol. The van der Waals surface area contributed by atoms with E-state index in [0.29, 0.717) is 12.6 Å². The molecule has 4 nitrogen and oxygen atoms in total. The molecular formula is C16H18FN3O. The summed E-state index contributed by atoms with van der Waals surface area (Å²) < 4.78 is 20.9. The molecule has 0 amide bonds. The van der Waals surface area contributed by atoms with Gasteiger partial charge in [0.2, 0.25) is 0 Å². The van der Waals surface area contributed by atoms with Gasteiger partial charge in [0.25, 0.3) is 0 Å². The molecule has 4 rings (SSSR count). The number of hydrogen-bond donors (Lipinski definition) is 1. The highest BCUT2D eigenvalue weighted by Gasteiger charge is 2.24. The van der Waals surface area contributed by atoms with Crippen LogP contribution in [0, 0.1) is 5.82 Å². The molecule has 2 heterocycles. The maximum atomic E-state index is 13.2. The first-order chi connectivity index (χ1) is 10.3. The van der Waals surface area contributed by atoms with Gasteiger partial charge in [0, 0.05) is 30.8 Å². The number of benzene rings is 1. The molecule has 0 saturated heterocycles. The van der Waals surface area contributed by atoms with E-state index in [2.05, 4.69) is 10.4 Å². The topological polar surface area (TPSA) is 39.1 Å². The number of halogens is 1. The minimum Gasteiger partial charge on any atom is -0.488 e.